The fourth-order valence-electron chi connectivity index (χ4n) is 2.77. The number of amides is 1. The Morgan fingerprint density at radius 3 is 2.74 bits per heavy atom. The first-order chi connectivity index (χ1) is 13.0. The van der Waals surface area contributed by atoms with Crippen LogP contribution in [0.2, 0.25) is 0 Å². The van der Waals surface area contributed by atoms with Crippen LogP contribution in [-0.4, -0.2) is 51.5 Å². The molecule has 1 saturated heterocycles. The molecule has 1 aliphatic rings. The monoisotopic (exact) mass is 410 g/mol. The van der Waals surface area contributed by atoms with Crippen molar-refractivity contribution in [2.75, 3.05) is 38.2 Å². The molecule has 1 aromatic carbocycles. The van der Waals surface area contributed by atoms with E-state index in [4.69, 9.17) is 9.47 Å². The number of carbonyl (C=O) groups is 1. The minimum absolute atomic E-state index is 0.0552. The number of anilines is 1. The summed E-state index contributed by atoms with van der Waals surface area (Å²) in [5.74, 6) is 0.0760. The third-order valence-electron chi connectivity index (χ3n) is 4.06. The summed E-state index contributed by atoms with van der Waals surface area (Å²) >= 11 is 1.53. The van der Waals surface area contributed by atoms with E-state index in [1.165, 1.54) is 21.7 Å². The first kappa shape index (κ1) is 19.8. The average molecular weight is 411 g/mol. The van der Waals surface area contributed by atoms with Gasteiger partial charge in [-0.15, -0.1) is 0 Å². The SMILES string of the molecule is CCOc1ccc(NC(=O)Cc2ccsc2)cc1S(=O)(=O)N1CCOCC1. The molecule has 9 heteroatoms. The molecule has 3 rings (SSSR count). The van der Waals surface area contributed by atoms with Gasteiger partial charge in [0.15, 0.2) is 0 Å². The molecule has 27 heavy (non-hydrogen) atoms. The van der Waals surface area contributed by atoms with Crippen LogP contribution in [0.15, 0.2) is 39.9 Å². The number of thiophene rings is 1. The van der Waals surface area contributed by atoms with Crippen LogP contribution in [0.1, 0.15) is 12.5 Å². The number of benzene rings is 1. The molecule has 2 heterocycles. The minimum Gasteiger partial charge on any atom is -0.492 e. The Balaban J connectivity index is 1.84. The molecule has 0 unspecified atom stereocenters. The summed E-state index contributed by atoms with van der Waals surface area (Å²) in [6.45, 7) is 3.45. The predicted octanol–water partition coefficient (Wildman–Crippen LogP) is 2.35. The summed E-state index contributed by atoms with van der Waals surface area (Å²) in [6, 6.07) is 6.57. The lowest BCUT2D eigenvalue weighted by Crippen LogP contribution is -2.40. The van der Waals surface area contributed by atoms with Crippen molar-refractivity contribution in [3.8, 4) is 5.75 Å². The molecule has 1 N–H and O–H groups in total. The van der Waals surface area contributed by atoms with E-state index in [1.807, 2.05) is 16.8 Å². The number of hydrogen-bond acceptors (Lipinski definition) is 6. The Labute approximate surface area is 163 Å². The van der Waals surface area contributed by atoms with Crippen molar-refractivity contribution in [2.45, 2.75) is 18.2 Å². The van der Waals surface area contributed by atoms with Crippen LogP contribution in [0.4, 0.5) is 5.69 Å². The molecule has 1 aliphatic heterocycles. The Kier molecular flexibility index (Phi) is 6.48. The van der Waals surface area contributed by atoms with Crippen molar-refractivity contribution in [3.05, 3.63) is 40.6 Å². The molecule has 0 bridgehead atoms. The van der Waals surface area contributed by atoms with Crippen LogP contribution in [0.5, 0.6) is 5.75 Å². The first-order valence-corrected chi connectivity index (χ1v) is 11.0. The number of hydrogen-bond donors (Lipinski definition) is 1. The van der Waals surface area contributed by atoms with E-state index in [0.717, 1.165) is 5.56 Å². The van der Waals surface area contributed by atoms with Crippen molar-refractivity contribution < 1.29 is 22.7 Å². The molecule has 7 nitrogen and oxygen atoms in total. The molecular weight excluding hydrogens is 388 g/mol. The largest absolute Gasteiger partial charge is 0.492 e. The van der Waals surface area contributed by atoms with Gasteiger partial charge in [-0.1, -0.05) is 0 Å². The molecule has 1 amide bonds. The van der Waals surface area contributed by atoms with Gasteiger partial charge < -0.3 is 14.8 Å². The van der Waals surface area contributed by atoms with E-state index in [1.54, 1.807) is 19.1 Å². The molecule has 146 valence electrons. The van der Waals surface area contributed by atoms with Crippen LogP contribution in [0, 0.1) is 0 Å². The molecule has 0 spiro atoms. The number of morpholine rings is 1. The fourth-order valence-corrected chi connectivity index (χ4v) is 5.01. The Morgan fingerprint density at radius 2 is 2.07 bits per heavy atom. The van der Waals surface area contributed by atoms with E-state index >= 15 is 0 Å². The second-order valence-electron chi connectivity index (χ2n) is 5.97. The van der Waals surface area contributed by atoms with Crippen molar-refractivity contribution in [1.29, 1.82) is 0 Å². The van der Waals surface area contributed by atoms with Gasteiger partial charge in [0, 0.05) is 18.8 Å². The van der Waals surface area contributed by atoms with Gasteiger partial charge in [0.25, 0.3) is 0 Å². The molecule has 0 atom stereocenters. The maximum atomic E-state index is 13.1. The molecular formula is C18H22N2O5S2. The van der Waals surface area contributed by atoms with Gasteiger partial charge in [-0.05, 0) is 47.5 Å². The zero-order valence-electron chi connectivity index (χ0n) is 15.0. The highest BCUT2D eigenvalue weighted by Gasteiger charge is 2.29. The Hall–Kier alpha value is -1.94. The lowest BCUT2D eigenvalue weighted by molar-refractivity contribution is -0.115. The van der Waals surface area contributed by atoms with Gasteiger partial charge in [-0.25, -0.2) is 8.42 Å². The number of nitrogens with one attached hydrogen (secondary N) is 1. The summed E-state index contributed by atoms with van der Waals surface area (Å²) in [4.78, 5) is 12.3. The molecule has 0 radical (unpaired) electrons. The highest BCUT2D eigenvalue weighted by molar-refractivity contribution is 7.89. The van der Waals surface area contributed by atoms with E-state index in [2.05, 4.69) is 5.32 Å². The highest BCUT2D eigenvalue weighted by atomic mass is 32.2. The Bertz CT molecular complexity index is 875. The number of carbonyl (C=O) groups excluding carboxylic acids is 1. The third-order valence-corrected chi connectivity index (χ3v) is 6.71. The zero-order valence-corrected chi connectivity index (χ0v) is 16.6. The van der Waals surface area contributed by atoms with Gasteiger partial charge in [0.2, 0.25) is 15.9 Å². The van der Waals surface area contributed by atoms with Crippen molar-refractivity contribution >= 4 is 33.0 Å². The van der Waals surface area contributed by atoms with Gasteiger partial charge >= 0.3 is 0 Å². The standard InChI is InChI=1S/C18H22N2O5S2/c1-2-25-16-4-3-15(19-18(21)11-14-5-10-26-13-14)12-17(16)27(22,23)20-6-8-24-9-7-20/h3-5,10,12-13H,2,6-9,11H2,1H3,(H,19,21). The topological polar surface area (TPSA) is 84.9 Å². The number of nitrogens with zero attached hydrogens (tertiary/aromatic N) is 1. The maximum Gasteiger partial charge on any atom is 0.246 e. The summed E-state index contributed by atoms with van der Waals surface area (Å²) in [5.41, 5.74) is 1.34. The van der Waals surface area contributed by atoms with E-state index in [-0.39, 0.29) is 23.0 Å². The first-order valence-electron chi connectivity index (χ1n) is 8.66. The smallest absolute Gasteiger partial charge is 0.246 e. The van der Waals surface area contributed by atoms with Gasteiger partial charge in [0.1, 0.15) is 10.6 Å². The van der Waals surface area contributed by atoms with Crippen LogP contribution >= 0.6 is 11.3 Å². The minimum atomic E-state index is -3.74. The van der Waals surface area contributed by atoms with Crippen LogP contribution in [0.3, 0.4) is 0 Å². The molecule has 1 aromatic heterocycles. The lowest BCUT2D eigenvalue weighted by atomic mass is 10.2. The van der Waals surface area contributed by atoms with Crippen molar-refractivity contribution in [3.63, 3.8) is 0 Å². The molecule has 1 fully saturated rings. The quantitative estimate of drug-likeness (QED) is 0.757. The predicted molar refractivity (Wildman–Crippen MR) is 104 cm³/mol. The van der Waals surface area contributed by atoms with Crippen LogP contribution in [0.25, 0.3) is 0 Å². The van der Waals surface area contributed by atoms with E-state index < -0.39 is 10.0 Å². The normalized spacial score (nSPS) is 15.4. The maximum absolute atomic E-state index is 13.1. The van der Waals surface area contributed by atoms with Crippen LogP contribution in [-0.2, 0) is 26.0 Å². The third kappa shape index (κ3) is 4.86. The van der Waals surface area contributed by atoms with E-state index in [9.17, 15) is 13.2 Å². The molecule has 0 aliphatic carbocycles. The Morgan fingerprint density at radius 1 is 1.30 bits per heavy atom. The number of ether oxygens (including phenoxy) is 2. The molecule has 0 saturated carbocycles. The van der Waals surface area contributed by atoms with Crippen LogP contribution < -0.4 is 10.1 Å². The second kappa shape index (κ2) is 8.83. The van der Waals surface area contributed by atoms with Gasteiger partial charge in [-0.3, -0.25) is 4.79 Å². The van der Waals surface area contributed by atoms with E-state index in [0.29, 0.717) is 38.6 Å². The fraction of sp³-hybridized carbons (Fsp3) is 0.389. The summed E-state index contributed by atoms with van der Waals surface area (Å²) < 4.78 is 38.2. The van der Waals surface area contributed by atoms with Crippen molar-refractivity contribution in [1.82, 2.24) is 4.31 Å². The summed E-state index contributed by atoms with van der Waals surface area (Å²) in [7, 11) is -3.74. The number of sulfonamides is 1. The molecule has 2 aromatic rings. The van der Waals surface area contributed by atoms with Crippen molar-refractivity contribution in [2.24, 2.45) is 0 Å². The van der Waals surface area contributed by atoms with Gasteiger partial charge in [0.05, 0.1) is 26.2 Å². The average Bonchev–Trinajstić information content (AvgIpc) is 3.16. The second-order valence-corrected chi connectivity index (χ2v) is 8.65. The lowest BCUT2D eigenvalue weighted by Gasteiger charge is -2.27. The highest BCUT2D eigenvalue weighted by Crippen LogP contribution is 2.30. The number of rotatable bonds is 7. The summed E-state index contributed by atoms with van der Waals surface area (Å²) in [5, 5.41) is 6.59. The van der Waals surface area contributed by atoms with Gasteiger partial charge in [-0.2, -0.15) is 15.6 Å². The zero-order chi connectivity index (χ0) is 19.3. The summed E-state index contributed by atoms with van der Waals surface area (Å²) in [6.07, 6.45) is 0.238.